The molecule has 3 heterocycles. The molecule has 2 amide bonds. The Balaban J connectivity index is 1.73. The minimum atomic E-state index is -0.327. The van der Waals surface area contributed by atoms with Crippen molar-refractivity contribution in [2.24, 2.45) is 5.92 Å². The Morgan fingerprint density at radius 1 is 1.15 bits per heavy atom. The lowest BCUT2D eigenvalue weighted by atomic mass is 9.87. The van der Waals surface area contributed by atoms with Gasteiger partial charge < -0.3 is 14.8 Å². The fourth-order valence-corrected chi connectivity index (χ4v) is 6.09. The lowest BCUT2D eigenvalue weighted by Gasteiger charge is -2.25. The first kappa shape index (κ1) is 27.1. The smallest absolute Gasteiger partial charge is 0.240 e. The number of thioether (sulfide) groups is 1. The molecule has 0 saturated heterocycles. The van der Waals surface area contributed by atoms with Crippen LogP contribution >= 0.6 is 11.8 Å². The second-order valence-corrected chi connectivity index (χ2v) is 12.6. The molecule has 0 aliphatic carbocycles. The summed E-state index contributed by atoms with van der Waals surface area (Å²) >= 11 is 1.55. The third kappa shape index (κ3) is 5.37. The van der Waals surface area contributed by atoms with Gasteiger partial charge in [-0.15, -0.1) is 11.8 Å². The van der Waals surface area contributed by atoms with Gasteiger partial charge >= 0.3 is 0 Å². The van der Waals surface area contributed by atoms with E-state index in [0.29, 0.717) is 29.8 Å². The average molecular weight is 549 g/mol. The van der Waals surface area contributed by atoms with Crippen molar-refractivity contribution in [3.63, 3.8) is 0 Å². The number of ether oxygens (including phenoxy) is 2. The van der Waals surface area contributed by atoms with Crippen LogP contribution in [0.1, 0.15) is 62.3 Å². The first-order valence-electron chi connectivity index (χ1n) is 13.3. The third-order valence-electron chi connectivity index (χ3n) is 6.85. The summed E-state index contributed by atoms with van der Waals surface area (Å²) < 4.78 is 13.1. The molecule has 1 N–H and O–H groups in total. The molecule has 1 aromatic heterocycles. The van der Waals surface area contributed by atoms with Gasteiger partial charge in [-0.1, -0.05) is 58.9 Å². The van der Waals surface area contributed by atoms with Crippen LogP contribution in [0.2, 0.25) is 0 Å². The molecule has 3 aromatic rings. The fourth-order valence-electron chi connectivity index (χ4n) is 4.90. The molecule has 1 atom stereocenters. The molecule has 206 valence electrons. The topological polar surface area (TPSA) is 85.7 Å². The monoisotopic (exact) mass is 548 g/mol. The van der Waals surface area contributed by atoms with Crippen LogP contribution in [0.15, 0.2) is 42.5 Å². The van der Waals surface area contributed by atoms with Gasteiger partial charge in [-0.3, -0.25) is 14.5 Å². The number of fused-ring (bicyclic) bond motifs is 2. The van der Waals surface area contributed by atoms with Gasteiger partial charge in [0, 0.05) is 17.5 Å². The van der Waals surface area contributed by atoms with Crippen LogP contribution in [-0.2, 0) is 15.0 Å². The number of hydrogen-bond acceptors (Lipinski definition) is 6. The lowest BCUT2D eigenvalue weighted by Crippen LogP contribution is -2.43. The maximum Gasteiger partial charge on any atom is 0.240 e. The first-order chi connectivity index (χ1) is 18.5. The van der Waals surface area contributed by atoms with Crippen LogP contribution in [0.5, 0.6) is 11.5 Å². The van der Waals surface area contributed by atoms with Gasteiger partial charge in [0.1, 0.15) is 12.4 Å². The Hall–Kier alpha value is -3.46. The molecule has 2 aliphatic rings. The number of amides is 2. The predicted octanol–water partition coefficient (Wildman–Crippen LogP) is 5.15. The van der Waals surface area contributed by atoms with Crippen molar-refractivity contribution in [1.82, 2.24) is 15.1 Å². The highest BCUT2D eigenvalue weighted by Gasteiger charge is 2.40. The summed E-state index contributed by atoms with van der Waals surface area (Å²) in [5, 5.41) is 7.95. The van der Waals surface area contributed by atoms with Crippen LogP contribution in [0.25, 0.3) is 5.69 Å². The summed E-state index contributed by atoms with van der Waals surface area (Å²) in [4.78, 5) is 28.5. The zero-order chi connectivity index (χ0) is 27.9. The quantitative estimate of drug-likeness (QED) is 0.459. The number of nitrogens with one attached hydrogen (secondary N) is 1. The standard InChI is InChI=1S/C30H36N4O4S/c1-18(2)14-31-24(35)15-33-25(36)16-39-27(20-11-12-22-23(13-20)38-17-37-22)26-28(30(4,5)6)32-34(29(26)33)21-10-8-7-9-19(21)3/h7-13,18,27H,14-17H2,1-6H3,(H,31,35). The summed E-state index contributed by atoms with van der Waals surface area (Å²) in [5.41, 5.74) is 4.40. The average Bonchev–Trinajstić information content (AvgIpc) is 3.48. The van der Waals surface area contributed by atoms with Crippen molar-refractivity contribution in [3.05, 3.63) is 64.8 Å². The lowest BCUT2D eigenvalue weighted by molar-refractivity contribution is -0.123. The molecular formula is C30H36N4O4S. The van der Waals surface area contributed by atoms with Gasteiger partial charge in [-0.05, 0) is 42.2 Å². The normalized spacial score (nSPS) is 16.8. The minimum absolute atomic E-state index is 0.0753. The van der Waals surface area contributed by atoms with E-state index in [0.717, 1.165) is 28.1 Å². The van der Waals surface area contributed by atoms with Crippen LogP contribution in [-0.4, -0.2) is 47.2 Å². The van der Waals surface area contributed by atoms with E-state index in [9.17, 15) is 9.59 Å². The molecule has 9 heteroatoms. The van der Waals surface area contributed by atoms with E-state index in [-0.39, 0.29) is 41.6 Å². The van der Waals surface area contributed by atoms with Crippen LogP contribution in [0.4, 0.5) is 5.82 Å². The molecule has 39 heavy (non-hydrogen) atoms. The van der Waals surface area contributed by atoms with Gasteiger partial charge in [0.05, 0.1) is 22.4 Å². The predicted molar refractivity (Wildman–Crippen MR) is 154 cm³/mol. The minimum Gasteiger partial charge on any atom is -0.454 e. The Morgan fingerprint density at radius 3 is 2.62 bits per heavy atom. The summed E-state index contributed by atoms with van der Waals surface area (Å²) in [6, 6.07) is 13.9. The largest absolute Gasteiger partial charge is 0.454 e. The molecule has 0 fully saturated rings. The Bertz CT molecular complexity index is 1410. The molecule has 1 unspecified atom stereocenters. The molecule has 0 radical (unpaired) electrons. The number of carbonyl (C=O) groups is 2. The van der Waals surface area contributed by atoms with Gasteiger partial charge in [-0.25, -0.2) is 4.68 Å². The number of aromatic nitrogens is 2. The first-order valence-corrected chi connectivity index (χ1v) is 14.4. The van der Waals surface area contributed by atoms with E-state index in [2.05, 4.69) is 26.1 Å². The maximum atomic E-state index is 13.8. The summed E-state index contributed by atoms with van der Waals surface area (Å²) in [6.07, 6.45) is 0. The molecule has 0 bridgehead atoms. The second-order valence-electron chi connectivity index (χ2n) is 11.5. The Kier molecular flexibility index (Phi) is 7.37. The van der Waals surface area contributed by atoms with Crippen molar-refractivity contribution in [1.29, 1.82) is 0 Å². The molecular weight excluding hydrogens is 512 g/mol. The van der Waals surface area contributed by atoms with Crippen molar-refractivity contribution in [2.75, 3.05) is 30.5 Å². The van der Waals surface area contributed by atoms with Crippen LogP contribution in [0, 0.1) is 12.8 Å². The SMILES string of the molecule is Cc1ccccc1-n1nc(C(C)(C)C)c2c1N(CC(=O)NCC(C)C)C(=O)CSC2c1ccc2c(c1)OCO2. The fraction of sp³-hybridized carbons (Fsp3) is 0.433. The van der Waals surface area contributed by atoms with E-state index in [1.54, 1.807) is 16.7 Å². The van der Waals surface area contributed by atoms with E-state index < -0.39 is 0 Å². The number of nitrogens with zero attached hydrogens (tertiary/aromatic N) is 3. The Labute approximate surface area is 234 Å². The highest BCUT2D eigenvalue weighted by molar-refractivity contribution is 8.00. The second kappa shape index (κ2) is 10.6. The van der Waals surface area contributed by atoms with Crippen LogP contribution in [0.3, 0.4) is 0 Å². The number of anilines is 1. The summed E-state index contributed by atoms with van der Waals surface area (Å²) in [6.45, 7) is 13.2. The van der Waals surface area contributed by atoms with Crippen molar-refractivity contribution in [2.45, 2.75) is 52.2 Å². The van der Waals surface area contributed by atoms with E-state index >= 15 is 0 Å². The number of benzene rings is 2. The number of para-hydroxylation sites is 1. The summed E-state index contributed by atoms with van der Waals surface area (Å²) in [7, 11) is 0. The van der Waals surface area contributed by atoms with Crippen molar-refractivity contribution in [3.8, 4) is 17.2 Å². The van der Waals surface area contributed by atoms with Crippen LogP contribution < -0.4 is 19.7 Å². The van der Waals surface area contributed by atoms with Gasteiger partial charge in [0.25, 0.3) is 0 Å². The van der Waals surface area contributed by atoms with Gasteiger partial charge in [0.15, 0.2) is 11.5 Å². The van der Waals surface area contributed by atoms with Gasteiger partial charge in [-0.2, -0.15) is 5.10 Å². The number of aryl methyl sites for hydroxylation is 1. The van der Waals surface area contributed by atoms with Crippen molar-refractivity contribution < 1.29 is 19.1 Å². The number of hydrogen-bond donors (Lipinski definition) is 1. The summed E-state index contributed by atoms with van der Waals surface area (Å²) in [5.74, 6) is 2.26. The highest BCUT2D eigenvalue weighted by Crippen LogP contribution is 2.50. The van der Waals surface area contributed by atoms with Gasteiger partial charge in [0.2, 0.25) is 18.6 Å². The molecule has 2 aliphatic heterocycles. The number of carbonyl (C=O) groups excluding carboxylic acids is 2. The molecule has 0 spiro atoms. The Morgan fingerprint density at radius 2 is 1.90 bits per heavy atom. The highest BCUT2D eigenvalue weighted by atomic mass is 32.2. The molecule has 2 aromatic carbocycles. The molecule has 0 saturated carbocycles. The molecule has 8 nitrogen and oxygen atoms in total. The van der Waals surface area contributed by atoms with E-state index in [1.165, 1.54) is 0 Å². The van der Waals surface area contributed by atoms with Crippen molar-refractivity contribution >= 4 is 29.4 Å². The third-order valence-corrected chi connectivity index (χ3v) is 8.11. The van der Waals surface area contributed by atoms with E-state index in [1.807, 2.05) is 67.9 Å². The van der Waals surface area contributed by atoms with E-state index in [4.69, 9.17) is 14.6 Å². The zero-order valence-electron chi connectivity index (χ0n) is 23.4. The number of rotatable bonds is 6. The zero-order valence-corrected chi connectivity index (χ0v) is 24.2. The molecule has 5 rings (SSSR count). The maximum absolute atomic E-state index is 13.8.